The summed E-state index contributed by atoms with van der Waals surface area (Å²) >= 11 is 0. The zero-order chi connectivity index (χ0) is 20.6. The van der Waals surface area contributed by atoms with E-state index in [1.54, 1.807) is 38.2 Å². The van der Waals surface area contributed by atoms with E-state index < -0.39 is 23.4 Å². The number of nitrogens with one attached hydrogen (secondary N) is 1. The minimum atomic E-state index is -1.98. The van der Waals surface area contributed by atoms with Gasteiger partial charge < -0.3 is 14.8 Å². The lowest BCUT2D eigenvalue weighted by molar-refractivity contribution is -0.168. The molecule has 0 radical (unpaired) electrons. The molecule has 2 aromatic heterocycles. The van der Waals surface area contributed by atoms with Gasteiger partial charge in [-0.25, -0.2) is 9.59 Å². The number of esters is 2. The van der Waals surface area contributed by atoms with E-state index in [1.807, 2.05) is 12.1 Å². The summed E-state index contributed by atoms with van der Waals surface area (Å²) in [7, 11) is 0. The predicted molar refractivity (Wildman–Crippen MR) is 101 cm³/mol. The summed E-state index contributed by atoms with van der Waals surface area (Å²) in [6.45, 7) is 4.55. The molecule has 0 atom stereocenters. The maximum atomic E-state index is 12.6. The van der Waals surface area contributed by atoms with Gasteiger partial charge in [0.1, 0.15) is 0 Å². The van der Waals surface area contributed by atoms with Gasteiger partial charge in [0.2, 0.25) is 11.4 Å². The third-order valence-electron chi connectivity index (χ3n) is 3.86. The second kappa shape index (κ2) is 9.59. The number of carbonyl (C=O) groups excluding carboxylic acids is 3. The lowest BCUT2D eigenvalue weighted by Crippen LogP contribution is -2.62. The normalized spacial score (nSPS) is 10.8. The molecule has 0 saturated heterocycles. The maximum absolute atomic E-state index is 12.6. The van der Waals surface area contributed by atoms with Crippen LogP contribution in [0.4, 0.5) is 0 Å². The van der Waals surface area contributed by atoms with Crippen LogP contribution < -0.4 is 5.32 Å². The first-order valence-electron chi connectivity index (χ1n) is 8.92. The van der Waals surface area contributed by atoms with E-state index in [0.29, 0.717) is 17.0 Å². The fraction of sp³-hybridized carbons (Fsp3) is 0.350. The molecule has 148 valence electrons. The highest BCUT2D eigenvalue weighted by atomic mass is 16.6. The van der Waals surface area contributed by atoms with E-state index in [1.165, 1.54) is 13.1 Å². The highest BCUT2D eigenvalue weighted by Crippen LogP contribution is 2.20. The van der Waals surface area contributed by atoms with Gasteiger partial charge in [0.05, 0.1) is 24.6 Å². The van der Waals surface area contributed by atoms with Crippen LogP contribution in [0.25, 0.3) is 11.4 Å². The number of rotatable bonds is 8. The molecule has 0 aliphatic heterocycles. The molecule has 0 saturated carbocycles. The Kier molecular flexibility index (Phi) is 7.20. The molecule has 2 aromatic rings. The second-order valence-corrected chi connectivity index (χ2v) is 5.97. The van der Waals surface area contributed by atoms with E-state index in [9.17, 15) is 14.4 Å². The Hall–Kier alpha value is -3.29. The van der Waals surface area contributed by atoms with Crippen LogP contribution in [0, 0.1) is 0 Å². The Balaban J connectivity index is 2.38. The van der Waals surface area contributed by atoms with Crippen LogP contribution in [-0.4, -0.2) is 46.6 Å². The van der Waals surface area contributed by atoms with Crippen LogP contribution in [0.5, 0.6) is 0 Å². The summed E-state index contributed by atoms with van der Waals surface area (Å²) in [6, 6.07) is 8.92. The molecule has 8 heteroatoms. The van der Waals surface area contributed by atoms with Gasteiger partial charge in [-0.1, -0.05) is 12.1 Å². The summed E-state index contributed by atoms with van der Waals surface area (Å²) in [5.41, 5.74) is -0.0966. The van der Waals surface area contributed by atoms with Crippen molar-refractivity contribution in [1.29, 1.82) is 0 Å². The zero-order valence-electron chi connectivity index (χ0n) is 16.1. The molecular weight excluding hydrogens is 362 g/mol. The molecule has 2 heterocycles. The summed E-state index contributed by atoms with van der Waals surface area (Å²) in [4.78, 5) is 45.6. The number of ether oxygens (including phenoxy) is 2. The second-order valence-electron chi connectivity index (χ2n) is 5.97. The number of hydrogen-bond acceptors (Lipinski definition) is 7. The van der Waals surface area contributed by atoms with Gasteiger partial charge >= 0.3 is 11.9 Å². The molecule has 1 amide bonds. The summed E-state index contributed by atoms with van der Waals surface area (Å²) in [6.07, 6.45) is 3.03. The minimum absolute atomic E-state index is 0.0520. The van der Waals surface area contributed by atoms with Crippen molar-refractivity contribution in [1.82, 2.24) is 15.3 Å². The molecule has 1 N–H and O–H groups in total. The first-order chi connectivity index (χ1) is 13.4. The molecule has 8 nitrogen and oxygen atoms in total. The molecular formula is C20H23N3O5. The Morgan fingerprint density at radius 2 is 1.61 bits per heavy atom. The van der Waals surface area contributed by atoms with E-state index >= 15 is 0 Å². The van der Waals surface area contributed by atoms with Crippen LogP contribution in [-0.2, 0) is 30.3 Å². The van der Waals surface area contributed by atoms with Crippen molar-refractivity contribution in [2.75, 3.05) is 13.2 Å². The molecule has 0 spiro atoms. The van der Waals surface area contributed by atoms with Crippen LogP contribution in [0.3, 0.4) is 0 Å². The fourth-order valence-electron chi connectivity index (χ4n) is 2.68. The van der Waals surface area contributed by atoms with E-state index in [4.69, 9.17) is 9.47 Å². The van der Waals surface area contributed by atoms with Crippen molar-refractivity contribution in [3.8, 4) is 11.4 Å². The standard InChI is InChI=1S/C20H23N3O5/c1-4-27-18(25)20(23-14(3)24,19(26)28-5-2)12-15-9-10-17(22-13-15)16-8-6-7-11-21-16/h6-11,13H,4-5,12H2,1-3H3,(H,23,24). The fourth-order valence-corrected chi connectivity index (χ4v) is 2.68. The molecule has 28 heavy (non-hydrogen) atoms. The molecule has 0 aliphatic carbocycles. The Morgan fingerprint density at radius 3 is 2.07 bits per heavy atom. The number of hydrogen-bond donors (Lipinski definition) is 1. The van der Waals surface area contributed by atoms with Crippen LogP contribution in [0.2, 0.25) is 0 Å². The van der Waals surface area contributed by atoms with Crippen molar-refractivity contribution in [3.05, 3.63) is 48.3 Å². The molecule has 0 aliphatic rings. The molecule has 2 rings (SSSR count). The van der Waals surface area contributed by atoms with Crippen molar-refractivity contribution < 1.29 is 23.9 Å². The Morgan fingerprint density at radius 1 is 0.964 bits per heavy atom. The number of amides is 1. The maximum Gasteiger partial charge on any atom is 0.344 e. The van der Waals surface area contributed by atoms with Gasteiger partial charge in [0, 0.05) is 25.7 Å². The molecule has 0 bridgehead atoms. The van der Waals surface area contributed by atoms with Gasteiger partial charge in [-0.2, -0.15) is 0 Å². The van der Waals surface area contributed by atoms with Crippen LogP contribution in [0.1, 0.15) is 26.3 Å². The SMILES string of the molecule is CCOC(=O)C(Cc1ccc(-c2ccccn2)nc1)(NC(C)=O)C(=O)OCC. The van der Waals surface area contributed by atoms with E-state index in [-0.39, 0.29) is 19.6 Å². The monoisotopic (exact) mass is 385 g/mol. The Bertz CT molecular complexity index is 803. The number of carbonyl (C=O) groups is 3. The third kappa shape index (κ3) is 4.91. The summed E-state index contributed by atoms with van der Waals surface area (Å²) in [5, 5.41) is 2.43. The number of nitrogens with zero attached hydrogens (tertiary/aromatic N) is 2. The molecule has 0 fully saturated rings. The smallest absolute Gasteiger partial charge is 0.344 e. The van der Waals surface area contributed by atoms with Gasteiger partial charge in [-0.15, -0.1) is 0 Å². The average Bonchev–Trinajstić information content (AvgIpc) is 2.68. The number of aromatic nitrogens is 2. The van der Waals surface area contributed by atoms with Gasteiger partial charge in [-0.3, -0.25) is 14.8 Å². The quantitative estimate of drug-likeness (QED) is 0.544. The zero-order valence-corrected chi connectivity index (χ0v) is 16.1. The third-order valence-corrected chi connectivity index (χ3v) is 3.86. The minimum Gasteiger partial charge on any atom is -0.464 e. The van der Waals surface area contributed by atoms with Gasteiger partial charge in [-0.05, 0) is 37.6 Å². The highest BCUT2D eigenvalue weighted by Gasteiger charge is 2.50. The predicted octanol–water partition coefficient (Wildman–Crippen LogP) is 1.69. The Labute approximate surface area is 163 Å². The van der Waals surface area contributed by atoms with Crippen LogP contribution in [0.15, 0.2) is 42.7 Å². The largest absolute Gasteiger partial charge is 0.464 e. The summed E-state index contributed by atoms with van der Waals surface area (Å²) < 4.78 is 10.1. The van der Waals surface area contributed by atoms with E-state index in [2.05, 4.69) is 15.3 Å². The first-order valence-corrected chi connectivity index (χ1v) is 8.92. The average molecular weight is 385 g/mol. The van der Waals surface area contributed by atoms with Crippen molar-refractivity contribution in [2.45, 2.75) is 32.7 Å². The lowest BCUT2D eigenvalue weighted by atomic mass is 9.90. The number of pyridine rings is 2. The van der Waals surface area contributed by atoms with Crippen molar-refractivity contribution >= 4 is 17.8 Å². The highest BCUT2D eigenvalue weighted by molar-refractivity contribution is 6.08. The lowest BCUT2D eigenvalue weighted by Gasteiger charge is -2.29. The molecule has 0 aromatic carbocycles. The van der Waals surface area contributed by atoms with E-state index in [0.717, 1.165) is 0 Å². The van der Waals surface area contributed by atoms with Gasteiger partial charge in [0.15, 0.2) is 0 Å². The summed E-state index contributed by atoms with van der Waals surface area (Å²) in [5.74, 6) is -2.31. The van der Waals surface area contributed by atoms with Crippen LogP contribution >= 0.6 is 0 Å². The van der Waals surface area contributed by atoms with Gasteiger partial charge in [0.25, 0.3) is 0 Å². The van der Waals surface area contributed by atoms with Crippen molar-refractivity contribution in [2.24, 2.45) is 0 Å². The topological polar surface area (TPSA) is 107 Å². The van der Waals surface area contributed by atoms with Crippen molar-refractivity contribution in [3.63, 3.8) is 0 Å². The first kappa shape index (κ1) is 21.0. The molecule has 0 unspecified atom stereocenters.